The smallest absolute Gasteiger partial charge is 0.123 e. The average Bonchev–Trinajstić information content (AvgIpc) is 2.44. The number of hydrogen-bond acceptors (Lipinski definition) is 2. The summed E-state index contributed by atoms with van der Waals surface area (Å²) in [5, 5.41) is 0. The summed E-state index contributed by atoms with van der Waals surface area (Å²) in [7, 11) is 0. The molecule has 0 aliphatic heterocycles. The van der Waals surface area contributed by atoms with Gasteiger partial charge in [-0.15, -0.1) is 0 Å². The number of hydrogen-bond donors (Lipinski definition) is 1. The van der Waals surface area contributed by atoms with Crippen molar-refractivity contribution in [1.29, 1.82) is 0 Å². The minimum Gasteiger partial charge on any atom is -0.489 e. The van der Waals surface area contributed by atoms with E-state index in [1.165, 1.54) is 17.7 Å². The van der Waals surface area contributed by atoms with E-state index in [4.69, 9.17) is 10.5 Å². The summed E-state index contributed by atoms with van der Waals surface area (Å²) >= 11 is 0. The third-order valence-corrected chi connectivity index (χ3v) is 3.84. The Kier molecular flexibility index (Phi) is 3.70. The molecule has 104 valence electrons. The zero-order valence-corrected chi connectivity index (χ0v) is 11.3. The molecule has 0 spiro atoms. The molecule has 1 aliphatic carbocycles. The van der Waals surface area contributed by atoms with Gasteiger partial charge in [0.15, 0.2) is 0 Å². The molecule has 2 nitrogen and oxygen atoms in total. The van der Waals surface area contributed by atoms with Gasteiger partial charge in [-0.05, 0) is 54.2 Å². The second-order valence-electron chi connectivity index (χ2n) is 5.41. The second kappa shape index (κ2) is 5.63. The number of rotatable bonds is 4. The zero-order chi connectivity index (χ0) is 13.9. The maximum atomic E-state index is 12.8. The average molecular weight is 271 g/mol. The van der Waals surface area contributed by atoms with Gasteiger partial charge in [-0.3, -0.25) is 0 Å². The van der Waals surface area contributed by atoms with Crippen LogP contribution < -0.4 is 10.5 Å². The molecule has 1 aliphatic rings. The van der Waals surface area contributed by atoms with Crippen molar-refractivity contribution in [2.75, 3.05) is 0 Å². The molecular weight excluding hydrogens is 253 g/mol. The predicted molar refractivity (Wildman–Crippen MR) is 77.1 cm³/mol. The van der Waals surface area contributed by atoms with E-state index in [9.17, 15) is 4.39 Å². The summed E-state index contributed by atoms with van der Waals surface area (Å²) in [5.41, 5.74) is 8.10. The highest BCUT2D eigenvalue weighted by atomic mass is 19.1. The maximum absolute atomic E-state index is 12.8. The topological polar surface area (TPSA) is 35.2 Å². The molecule has 0 aromatic heterocycles. The van der Waals surface area contributed by atoms with Crippen molar-refractivity contribution in [3.63, 3.8) is 0 Å². The van der Waals surface area contributed by atoms with E-state index in [1.54, 1.807) is 12.1 Å². The van der Waals surface area contributed by atoms with Crippen LogP contribution in [0.3, 0.4) is 0 Å². The normalized spacial score (nSPS) is 21.3. The minimum absolute atomic E-state index is 0.225. The van der Waals surface area contributed by atoms with Crippen molar-refractivity contribution < 1.29 is 9.13 Å². The van der Waals surface area contributed by atoms with Gasteiger partial charge in [-0.25, -0.2) is 4.39 Å². The minimum atomic E-state index is -0.225. The molecule has 1 saturated carbocycles. The van der Waals surface area contributed by atoms with E-state index < -0.39 is 0 Å². The Hall–Kier alpha value is -1.87. The van der Waals surface area contributed by atoms with Crippen LogP contribution in [0, 0.1) is 5.82 Å². The van der Waals surface area contributed by atoms with Gasteiger partial charge in [0.25, 0.3) is 0 Å². The van der Waals surface area contributed by atoms with Crippen LogP contribution in [0.15, 0.2) is 48.5 Å². The fourth-order valence-electron chi connectivity index (χ4n) is 2.52. The molecule has 0 amide bonds. The molecule has 0 bridgehead atoms. The molecule has 20 heavy (non-hydrogen) atoms. The molecule has 3 heteroatoms. The Labute approximate surface area is 118 Å². The highest BCUT2D eigenvalue weighted by molar-refractivity contribution is 5.31. The molecule has 0 saturated heterocycles. The van der Waals surface area contributed by atoms with Crippen LogP contribution in [0.2, 0.25) is 0 Å². The molecule has 0 atom stereocenters. The van der Waals surface area contributed by atoms with E-state index in [1.807, 2.05) is 12.1 Å². The van der Waals surface area contributed by atoms with Gasteiger partial charge >= 0.3 is 0 Å². The van der Waals surface area contributed by atoms with Gasteiger partial charge < -0.3 is 10.5 Å². The molecule has 3 rings (SSSR count). The molecule has 0 unspecified atom stereocenters. The summed E-state index contributed by atoms with van der Waals surface area (Å²) in [6.07, 6.45) is 2.16. The van der Waals surface area contributed by atoms with Crippen molar-refractivity contribution in [3.8, 4) is 5.75 Å². The lowest BCUT2D eigenvalue weighted by atomic mass is 9.76. The van der Waals surface area contributed by atoms with Crippen LogP contribution in [0.1, 0.15) is 29.9 Å². The fourth-order valence-corrected chi connectivity index (χ4v) is 2.52. The summed E-state index contributed by atoms with van der Waals surface area (Å²) < 4.78 is 18.5. The second-order valence-corrected chi connectivity index (χ2v) is 5.41. The van der Waals surface area contributed by atoms with Crippen LogP contribution in [0.25, 0.3) is 0 Å². The number of nitrogens with two attached hydrogens (primary N) is 1. The first-order chi connectivity index (χ1) is 9.70. The van der Waals surface area contributed by atoms with Crippen LogP contribution in [0.5, 0.6) is 5.75 Å². The van der Waals surface area contributed by atoms with Gasteiger partial charge in [0.2, 0.25) is 0 Å². The first-order valence-electron chi connectivity index (χ1n) is 6.93. The standard InChI is InChI=1S/C17H18FNO/c18-15-5-1-12(2-6-15)11-20-17-7-3-13(4-8-17)14-9-16(19)10-14/h1-8,14,16H,9-11,19H2. The van der Waals surface area contributed by atoms with Crippen LogP contribution >= 0.6 is 0 Å². The lowest BCUT2D eigenvalue weighted by molar-refractivity contribution is 0.305. The van der Waals surface area contributed by atoms with Crippen molar-refractivity contribution >= 4 is 0 Å². The largest absolute Gasteiger partial charge is 0.489 e. The monoisotopic (exact) mass is 271 g/mol. The molecule has 0 radical (unpaired) electrons. The van der Waals surface area contributed by atoms with Gasteiger partial charge in [0, 0.05) is 6.04 Å². The number of halogens is 1. The first kappa shape index (κ1) is 13.1. The van der Waals surface area contributed by atoms with E-state index in [0.717, 1.165) is 24.2 Å². The Morgan fingerprint density at radius 1 is 1.00 bits per heavy atom. The zero-order valence-electron chi connectivity index (χ0n) is 11.3. The van der Waals surface area contributed by atoms with E-state index >= 15 is 0 Å². The molecule has 0 heterocycles. The summed E-state index contributed by atoms with van der Waals surface area (Å²) in [6, 6.07) is 14.9. The number of ether oxygens (including phenoxy) is 1. The van der Waals surface area contributed by atoms with Crippen molar-refractivity contribution in [2.45, 2.75) is 31.4 Å². The summed E-state index contributed by atoms with van der Waals surface area (Å²) in [5.74, 6) is 1.22. The molecule has 2 N–H and O–H groups in total. The highest BCUT2D eigenvalue weighted by Gasteiger charge is 2.26. The summed E-state index contributed by atoms with van der Waals surface area (Å²) in [6.45, 7) is 0.452. The molecule has 2 aromatic carbocycles. The van der Waals surface area contributed by atoms with Crippen LogP contribution in [-0.2, 0) is 6.61 Å². The van der Waals surface area contributed by atoms with Gasteiger partial charge in [-0.1, -0.05) is 24.3 Å². The number of benzene rings is 2. The third kappa shape index (κ3) is 2.99. The molecule has 1 fully saturated rings. The van der Waals surface area contributed by atoms with E-state index in [-0.39, 0.29) is 5.82 Å². The summed E-state index contributed by atoms with van der Waals surface area (Å²) in [4.78, 5) is 0. The highest BCUT2D eigenvalue weighted by Crippen LogP contribution is 2.36. The Bertz CT molecular complexity index is 559. The van der Waals surface area contributed by atoms with Crippen LogP contribution in [0.4, 0.5) is 4.39 Å². The quantitative estimate of drug-likeness (QED) is 0.922. The van der Waals surface area contributed by atoms with Gasteiger partial charge in [0.1, 0.15) is 18.2 Å². The van der Waals surface area contributed by atoms with Gasteiger partial charge in [0.05, 0.1) is 0 Å². The molecular formula is C17H18FNO. The Morgan fingerprint density at radius 3 is 2.25 bits per heavy atom. The third-order valence-electron chi connectivity index (χ3n) is 3.84. The lowest BCUT2D eigenvalue weighted by Crippen LogP contribution is -2.34. The Morgan fingerprint density at radius 2 is 1.65 bits per heavy atom. The van der Waals surface area contributed by atoms with Crippen LogP contribution in [-0.4, -0.2) is 6.04 Å². The Balaban J connectivity index is 1.56. The van der Waals surface area contributed by atoms with E-state index in [0.29, 0.717) is 18.6 Å². The van der Waals surface area contributed by atoms with Crippen molar-refractivity contribution in [3.05, 3.63) is 65.5 Å². The van der Waals surface area contributed by atoms with E-state index in [2.05, 4.69) is 12.1 Å². The van der Waals surface area contributed by atoms with Crippen molar-refractivity contribution in [2.24, 2.45) is 5.73 Å². The lowest BCUT2D eigenvalue weighted by Gasteiger charge is -2.32. The SMILES string of the molecule is NC1CC(c2ccc(OCc3ccc(F)cc3)cc2)C1. The fraction of sp³-hybridized carbons (Fsp3) is 0.294. The first-order valence-corrected chi connectivity index (χ1v) is 6.93. The maximum Gasteiger partial charge on any atom is 0.123 e. The predicted octanol–water partition coefficient (Wildman–Crippen LogP) is 3.61. The van der Waals surface area contributed by atoms with Gasteiger partial charge in [-0.2, -0.15) is 0 Å². The van der Waals surface area contributed by atoms with Crippen molar-refractivity contribution in [1.82, 2.24) is 0 Å². The molecule has 2 aromatic rings.